The summed E-state index contributed by atoms with van der Waals surface area (Å²) in [6.07, 6.45) is 22.1. The summed E-state index contributed by atoms with van der Waals surface area (Å²) in [4.78, 5) is 25.7. The van der Waals surface area contributed by atoms with Crippen molar-refractivity contribution >= 4 is 11.9 Å². The molecule has 0 bridgehead atoms. The maximum Gasteiger partial charge on any atom is 0.306 e. The lowest BCUT2D eigenvalue weighted by Gasteiger charge is -2.42. The van der Waals surface area contributed by atoms with Crippen LogP contribution in [-0.2, 0) is 38.0 Å². The third kappa shape index (κ3) is 26.7. The topological polar surface area (TPSA) is 231 Å². The minimum Gasteiger partial charge on any atom is -0.462 e. The standard InChI is InChI=1S/C51H92O15/c1-3-5-7-9-11-13-15-16-17-18-19-20-21-22-24-26-28-30-32-34-43(54)64-39(36-61-42(53)33-31-29-27-25-23-14-12-10-8-6-4-2)37-62-50-49(60)47(58)45(56)41(66-50)38-63-51-48(59)46(57)44(55)40(35-52)65-51/h11,13,16-17,39-41,44-52,55-60H,3-10,12,14-15,18-38H2,1-2H3/b13-11+,17-16+/t39-,40+,41+,44-,45-,46?,47?,48?,49?,50+,51+/m1/s1. The van der Waals surface area contributed by atoms with Gasteiger partial charge in [0.05, 0.1) is 19.8 Å². The molecule has 0 saturated carbocycles. The van der Waals surface area contributed by atoms with Gasteiger partial charge in [0.1, 0.15) is 55.4 Å². The molecule has 0 aromatic rings. The number of carbonyl (C=O) groups excluding carboxylic acids is 2. The number of allylic oxidation sites excluding steroid dienone is 4. The second-order valence-corrected chi connectivity index (χ2v) is 18.4. The average Bonchev–Trinajstić information content (AvgIpc) is 3.31. The maximum atomic E-state index is 13.0. The van der Waals surface area contributed by atoms with Gasteiger partial charge in [-0.1, -0.05) is 160 Å². The van der Waals surface area contributed by atoms with Crippen LogP contribution in [0.2, 0.25) is 0 Å². The van der Waals surface area contributed by atoms with Crippen molar-refractivity contribution in [2.24, 2.45) is 0 Å². The molecule has 66 heavy (non-hydrogen) atoms. The number of unbranched alkanes of at least 4 members (excludes halogenated alkanes) is 22. The van der Waals surface area contributed by atoms with E-state index in [0.29, 0.717) is 12.8 Å². The summed E-state index contributed by atoms with van der Waals surface area (Å²) in [7, 11) is 0. The summed E-state index contributed by atoms with van der Waals surface area (Å²) in [6.45, 7) is 2.56. The predicted molar refractivity (Wildman–Crippen MR) is 252 cm³/mol. The molecule has 0 aromatic heterocycles. The lowest BCUT2D eigenvalue weighted by Crippen LogP contribution is -2.61. The highest BCUT2D eigenvalue weighted by Gasteiger charge is 2.47. The van der Waals surface area contributed by atoms with Crippen molar-refractivity contribution < 1.29 is 73.8 Å². The molecule has 0 aliphatic carbocycles. The molecule has 0 radical (unpaired) electrons. The molecule has 15 nitrogen and oxygen atoms in total. The Bertz CT molecular complexity index is 1250. The predicted octanol–water partition coefficient (Wildman–Crippen LogP) is 7.16. The lowest BCUT2D eigenvalue weighted by molar-refractivity contribution is -0.332. The fourth-order valence-corrected chi connectivity index (χ4v) is 8.13. The summed E-state index contributed by atoms with van der Waals surface area (Å²) in [5, 5.41) is 72.0. The Morgan fingerprint density at radius 1 is 0.485 bits per heavy atom. The van der Waals surface area contributed by atoms with E-state index in [2.05, 4.69) is 38.2 Å². The molecule has 4 unspecified atom stereocenters. The molecular formula is C51H92O15. The molecule has 2 saturated heterocycles. The van der Waals surface area contributed by atoms with E-state index >= 15 is 0 Å². The van der Waals surface area contributed by atoms with Gasteiger partial charge < -0.3 is 64.2 Å². The summed E-state index contributed by atoms with van der Waals surface area (Å²) in [6, 6.07) is 0. The molecule has 15 heteroatoms. The van der Waals surface area contributed by atoms with Crippen molar-refractivity contribution in [3.05, 3.63) is 24.3 Å². The van der Waals surface area contributed by atoms with Crippen LogP contribution in [0.5, 0.6) is 0 Å². The Morgan fingerprint density at radius 2 is 0.909 bits per heavy atom. The Hall–Kier alpha value is -2.02. The first-order valence-corrected chi connectivity index (χ1v) is 25.9. The summed E-state index contributed by atoms with van der Waals surface area (Å²) in [5.41, 5.74) is 0. The Morgan fingerprint density at radius 3 is 1.44 bits per heavy atom. The largest absolute Gasteiger partial charge is 0.462 e. The van der Waals surface area contributed by atoms with Gasteiger partial charge in [-0.05, 0) is 44.9 Å². The summed E-state index contributed by atoms with van der Waals surface area (Å²) in [5.74, 6) is -0.924. The Kier molecular flexibility index (Phi) is 35.3. The van der Waals surface area contributed by atoms with E-state index in [-0.39, 0.29) is 26.1 Å². The summed E-state index contributed by atoms with van der Waals surface area (Å²) >= 11 is 0. The molecule has 0 amide bonds. The average molecular weight is 945 g/mol. The number of rotatable bonds is 40. The molecule has 2 aliphatic rings. The first kappa shape index (κ1) is 60.1. The van der Waals surface area contributed by atoms with Gasteiger partial charge in [0.15, 0.2) is 18.7 Å². The number of aliphatic hydroxyl groups excluding tert-OH is 7. The number of aliphatic hydroxyl groups is 7. The van der Waals surface area contributed by atoms with Gasteiger partial charge in [-0.3, -0.25) is 9.59 Å². The van der Waals surface area contributed by atoms with Crippen molar-refractivity contribution in [3.63, 3.8) is 0 Å². The Labute approximate surface area is 396 Å². The van der Waals surface area contributed by atoms with E-state index in [0.717, 1.165) is 57.8 Å². The first-order valence-electron chi connectivity index (χ1n) is 25.9. The number of hydrogen-bond donors (Lipinski definition) is 7. The van der Waals surface area contributed by atoms with Crippen molar-refractivity contribution in [2.45, 2.75) is 261 Å². The second-order valence-electron chi connectivity index (χ2n) is 18.4. The highest BCUT2D eigenvalue weighted by atomic mass is 16.7. The van der Waals surface area contributed by atoms with Crippen molar-refractivity contribution in [1.29, 1.82) is 0 Å². The van der Waals surface area contributed by atoms with Gasteiger partial charge in [-0.15, -0.1) is 0 Å². The van der Waals surface area contributed by atoms with E-state index in [1.54, 1.807) is 0 Å². The van der Waals surface area contributed by atoms with E-state index < -0.39 is 92.7 Å². The third-order valence-electron chi connectivity index (χ3n) is 12.4. The van der Waals surface area contributed by atoms with Crippen LogP contribution >= 0.6 is 0 Å². The van der Waals surface area contributed by atoms with Gasteiger partial charge in [-0.25, -0.2) is 0 Å². The molecule has 2 aliphatic heterocycles. The van der Waals surface area contributed by atoms with Crippen LogP contribution in [0.25, 0.3) is 0 Å². The molecule has 11 atom stereocenters. The van der Waals surface area contributed by atoms with Gasteiger partial charge >= 0.3 is 11.9 Å². The molecule has 0 spiro atoms. The van der Waals surface area contributed by atoms with Gasteiger partial charge in [0.25, 0.3) is 0 Å². The fraction of sp³-hybridized carbons (Fsp3) is 0.882. The summed E-state index contributed by atoms with van der Waals surface area (Å²) < 4.78 is 33.6. The number of carbonyl (C=O) groups is 2. The normalized spacial score (nSPS) is 26.3. The van der Waals surface area contributed by atoms with Crippen molar-refractivity contribution in [2.75, 3.05) is 26.4 Å². The zero-order chi connectivity index (χ0) is 48.2. The van der Waals surface area contributed by atoms with Crippen LogP contribution in [0, 0.1) is 0 Å². The monoisotopic (exact) mass is 945 g/mol. The van der Waals surface area contributed by atoms with E-state index in [1.165, 1.54) is 96.3 Å². The van der Waals surface area contributed by atoms with Crippen LogP contribution in [0.15, 0.2) is 24.3 Å². The molecular weight excluding hydrogens is 853 g/mol. The van der Waals surface area contributed by atoms with Crippen LogP contribution < -0.4 is 0 Å². The molecule has 2 heterocycles. The number of hydrogen-bond acceptors (Lipinski definition) is 15. The van der Waals surface area contributed by atoms with E-state index in [1.807, 2.05) is 0 Å². The highest BCUT2D eigenvalue weighted by Crippen LogP contribution is 2.26. The van der Waals surface area contributed by atoms with Gasteiger partial charge in [-0.2, -0.15) is 0 Å². The molecule has 386 valence electrons. The third-order valence-corrected chi connectivity index (χ3v) is 12.4. The van der Waals surface area contributed by atoms with Crippen LogP contribution in [0.4, 0.5) is 0 Å². The van der Waals surface area contributed by atoms with Crippen LogP contribution in [0.3, 0.4) is 0 Å². The van der Waals surface area contributed by atoms with Crippen molar-refractivity contribution in [3.8, 4) is 0 Å². The minimum atomic E-state index is -1.76. The SMILES string of the molecule is CCCCC/C=C/C/C=C/CCCCCCCCCCCC(=O)O[C@H](COC(=O)CCCCCCCCCCCCC)CO[C@H]1O[C@@H](CO[C@H]2O[C@@H](CO)[C@@H](O)C(O)C2O)[C@@H](O)C(O)C1O. The lowest BCUT2D eigenvalue weighted by atomic mass is 9.98. The fourth-order valence-electron chi connectivity index (χ4n) is 8.13. The van der Waals surface area contributed by atoms with E-state index in [4.69, 9.17) is 28.4 Å². The molecule has 2 rings (SSSR count). The molecule has 7 N–H and O–H groups in total. The number of ether oxygens (including phenoxy) is 6. The van der Waals surface area contributed by atoms with Crippen molar-refractivity contribution in [1.82, 2.24) is 0 Å². The minimum absolute atomic E-state index is 0.163. The molecule has 0 aromatic carbocycles. The quantitative estimate of drug-likeness (QED) is 0.0184. The highest BCUT2D eigenvalue weighted by molar-refractivity contribution is 5.70. The van der Waals surface area contributed by atoms with Gasteiger partial charge in [0.2, 0.25) is 0 Å². The van der Waals surface area contributed by atoms with E-state index in [9.17, 15) is 45.3 Å². The smallest absolute Gasteiger partial charge is 0.306 e. The van der Waals surface area contributed by atoms with Gasteiger partial charge in [0, 0.05) is 12.8 Å². The van der Waals surface area contributed by atoms with Crippen LogP contribution in [0.1, 0.15) is 194 Å². The van der Waals surface area contributed by atoms with Crippen LogP contribution in [-0.4, -0.2) is 142 Å². The maximum absolute atomic E-state index is 13.0. The zero-order valence-corrected chi connectivity index (χ0v) is 40.7. The number of esters is 2. The zero-order valence-electron chi connectivity index (χ0n) is 40.7. The molecule has 2 fully saturated rings. The second kappa shape index (κ2) is 38.8. The first-order chi connectivity index (χ1) is 32.0. The Balaban J connectivity index is 1.79.